The van der Waals surface area contributed by atoms with Gasteiger partial charge in [-0.2, -0.15) is 54.6 Å². The summed E-state index contributed by atoms with van der Waals surface area (Å²) in [5, 5.41) is 0. The third-order valence-electron chi connectivity index (χ3n) is 1.16. The van der Waals surface area contributed by atoms with E-state index in [1.54, 1.807) is 0 Å². The maximum atomic E-state index is 2.89. The first-order chi connectivity index (χ1) is 5.50. The first-order valence-corrected chi connectivity index (χ1v) is 3.58. The average Bonchev–Trinajstić information content (AvgIpc) is 2.64. The quantitative estimate of drug-likeness (QED) is 0.575. The van der Waals surface area contributed by atoms with Crippen LogP contribution >= 0.6 is 0 Å². The third-order valence-corrected chi connectivity index (χ3v) is 1.16. The Hall–Kier alpha value is -0.924. The molecule has 0 amide bonds. The van der Waals surface area contributed by atoms with Crippen molar-refractivity contribution in [2.75, 3.05) is 0 Å². The van der Waals surface area contributed by atoms with E-state index in [2.05, 4.69) is 6.07 Å². The van der Waals surface area contributed by atoms with Crippen LogP contribution in [-0.4, -0.2) is 0 Å². The summed E-state index contributed by atoms with van der Waals surface area (Å²) >= 11 is 0. The summed E-state index contributed by atoms with van der Waals surface area (Å²) in [7, 11) is 0. The van der Waals surface area contributed by atoms with Gasteiger partial charge in [0.15, 0.2) is 0 Å². The van der Waals surface area contributed by atoms with Crippen LogP contribution < -0.4 is 0 Å². The zero-order valence-electron chi connectivity index (χ0n) is 6.61. The first-order valence-electron chi connectivity index (χ1n) is 3.58. The average molecular weight is 201 g/mol. The van der Waals surface area contributed by atoms with E-state index in [-0.39, 0.29) is 16.8 Å². The standard InChI is InChI=1S/C6H5.C5H5.Co/c1-2-4-6-5-3-1;1-2-4-5-3-1;/h1-5H;1-5H;/q2*-1;+2. The summed E-state index contributed by atoms with van der Waals surface area (Å²) in [5.74, 6) is 0. The molecule has 2 aromatic rings. The van der Waals surface area contributed by atoms with Crippen LogP contribution in [0.25, 0.3) is 0 Å². The number of hydrogen-bond donors (Lipinski definition) is 0. The van der Waals surface area contributed by atoms with Gasteiger partial charge >= 0.3 is 16.8 Å². The monoisotopic (exact) mass is 201 g/mol. The van der Waals surface area contributed by atoms with Crippen LogP contribution in [0.3, 0.4) is 0 Å². The minimum atomic E-state index is 0. The summed E-state index contributed by atoms with van der Waals surface area (Å²) in [5.41, 5.74) is 0. The molecule has 0 bridgehead atoms. The molecule has 0 aromatic heterocycles. The second-order valence-electron chi connectivity index (χ2n) is 2.04. The summed E-state index contributed by atoms with van der Waals surface area (Å²) in [6, 6.07) is 22.5. The summed E-state index contributed by atoms with van der Waals surface area (Å²) < 4.78 is 0. The van der Waals surface area contributed by atoms with E-state index < -0.39 is 0 Å². The van der Waals surface area contributed by atoms with Crippen molar-refractivity contribution in [1.82, 2.24) is 0 Å². The van der Waals surface area contributed by atoms with Crippen LogP contribution in [0, 0.1) is 6.07 Å². The largest absolute Gasteiger partial charge is 2.00 e. The second kappa shape index (κ2) is 8.18. The Balaban J connectivity index is 0.000000189. The van der Waals surface area contributed by atoms with Gasteiger partial charge in [0.05, 0.1) is 0 Å². The van der Waals surface area contributed by atoms with Crippen molar-refractivity contribution < 1.29 is 16.8 Å². The van der Waals surface area contributed by atoms with Crippen molar-refractivity contribution in [3.8, 4) is 0 Å². The van der Waals surface area contributed by atoms with Crippen molar-refractivity contribution in [2.24, 2.45) is 0 Å². The van der Waals surface area contributed by atoms with Crippen molar-refractivity contribution in [1.29, 1.82) is 0 Å². The van der Waals surface area contributed by atoms with Crippen LogP contribution in [0.1, 0.15) is 0 Å². The van der Waals surface area contributed by atoms with E-state index in [0.717, 1.165) is 0 Å². The van der Waals surface area contributed by atoms with Gasteiger partial charge in [-0.1, -0.05) is 0 Å². The van der Waals surface area contributed by atoms with E-state index >= 15 is 0 Å². The Morgan fingerprint density at radius 1 is 0.750 bits per heavy atom. The van der Waals surface area contributed by atoms with Crippen molar-refractivity contribution in [3.63, 3.8) is 0 Å². The predicted octanol–water partition coefficient (Wildman–Crippen LogP) is 2.89. The molecular weight excluding hydrogens is 191 g/mol. The van der Waals surface area contributed by atoms with Crippen LogP contribution in [0.2, 0.25) is 0 Å². The van der Waals surface area contributed by atoms with Gasteiger partial charge in [-0.25, -0.2) is 12.1 Å². The molecule has 2 aromatic carbocycles. The molecular formula is C11H10Co. The summed E-state index contributed by atoms with van der Waals surface area (Å²) in [4.78, 5) is 0. The fourth-order valence-corrected chi connectivity index (χ4v) is 0.663. The van der Waals surface area contributed by atoms with Gasteiger partial charge in [-0.3, -0.25) is 0 Å². The molecule has 0 aliphatic carbocycles. The molecule has 1 radical (unpaired) electrons. The zero-order chi connectivity index (χ0) is 7.78. The number of benzene rings is 1. The molecule has 1 heteroatoms. The van der Waals surface area contributed by atoms with Crippen LogP contribution in [0.15, 0.2) is 60.7 Å². The van der Waals surface area contributed by atoms with Gasteiger partial charge in [-0.15, -0.1) is 0 Å². The predicted molar refractivity (Wildman–Crippen MR) is 47.3 cm³/mol. The van der Waals surface area contributed by atoms with Crippen LogP contribution in [0.5, 0.6) is 0 Å². The zero-order valence-corrected chi connectivity index (χ0v) is 7.65. The molecule has 0 nitrogen and oxygen atoms in total. The SMILES string of the molecule is [Co+2].[c-]1ccccc1.c1cc[cH-]c1. The van der Waals surface area contributed by atoms with E-state index in [1.807, 2.05) is 60.7 Å². The number of rotatable bonds is 0. The molecule has 0 unspecified atom stereocenters. The van der Waals surface area contributed by atoms with E-state index in [0.29, 0.717) is 0 Å². The maximum absolute atomic E-state index is 2.89. The second-order valence-corrected chi connectivity index (χ2v) is 2.04. The Labute approximate surface area is 83.8 Å². The van der Waals surface area contributed by atoms with Crippen LogP contribution in [0.4, 0.5) is 0 Å². The van der Waals surface area contributed by atoms with Gasteiger partial charge in [0, 0.05) is 0 Å². The summed E-state index contributed by atoms with van der Waals surface area (Å²) in [6.07, 6.45) is 0. The van der Waals surface area contributed by atoms with E-state index in [9.17, 15) is 0 Å². The Morgan fingerprint density at radius 2 is 1.33 bits per heavy atom. The molecule has 63 valence electrons. The summed E-state index contributed by atoms with van der Waals surface area (Å²) in [6.45, 7) is 0. The smallest absolute Gasteiger partial charge is 0.214 e. The van der Waals surface area contributed by atoms with E-state index in [4.69, 9.17) is 0 Å². The minimum absolute atomic E-state index is 0. The van der Waals surface area contributed by atoms with Crippen LogP contribution in [-0.2, 0) is 16.8 Å². The molecule has 2 rings (SSSR count). The molecule has 0 aliphatic heterocycles. The molecule has 0 aliphatic rings. The van der Waals surface area contributed by atoms with E-state index in [1.165, 1.54) is 0 Å². The van der Waals surface area contributed by atoms with Crippen molar-refractivity contribution >= 4 is 0 Å². The molecule has 0 heterocycles. The Morgan fingerprint density at radius 3 is 1.50 bits per heavy atom. The van der Waals surface area contributed by atoms with Gasteiger partial charge in [-0.05, 0) is 0 Å². The Kier molecular flexibility index (Phi) is 7.55. The topological polar surface area (TPSA) is 0 Å². The van der Waals surface area contributed by atoms with Crippen molar-refractivity contribution in [3.05, 3.63) is 66.7 Å². The Bertz CT molecular complexity index is 191. The minimum Gasteiger partial charge on any atom is -0.214 e. The molecule has 0 atom stereocenters. The van der Waals surface area contributed by atoms with Gasteiger partial charge < -0.3 is 0 Å². The fraction of sp³-hybridized carbons (Fsp3) is 0. The van der Waals surface area contributed by atoms with Gasteiger partial charge in [0.2, 0.25) is 0 Å². The molecule has 0 saturated carbocycles. The third kappa shape index (κ3) is 5.83. The first kappa shape index (κ1) is 11.1. The molecule has 0 spiro atoms. The van der Waals surface area contributed by atoms with Gasteiger partial charge in [0.25, 0.3) is 0 Å². The normalized spacial score (nSPS) is 7.33. The molecule has 0 fully saturated rings. The molecule has 0 N–H and O–H groups in total. The molecule has 0 saturated heterocycles. The maximum Gasteiger partial charge on any atom is 2.00 e. The van der Waals surface area contributed by atoms with Gasteiger partial charge in [0.1, 0.15) is 0 Å². The van der Waals surface area contributed by atoms with Crippen molar-refractivity contribution in [2.45, 2.75) is 0 Å². The number of hydrogen-bond acceptors (Lipinski definition) is 0. The molecule has 12 heavy (non-hydrogen) atoms. The fourth-order valence-electron chi connectivity index (χ4n) is 0.663.